The summed E-state index contributed by atoms with van der Waals surface area (Å²) < 4.78 is 15.0. The molecule has 1 aliphatic rings. The monoisotopic (exact) mass is 368 g/mol. The van der Waals surface area contributed by atoms with E-state index < -0.39 is 0 Å². The van der Waals surface area contributed by atoms with E-state index >= 15 is 0 Å². The first-order chi connectivity index (χ1) is 13.2. The average Bonchev–Trinajstić information content (AvgIpc) is 3.32. The van der Waals surface area contributed by atoms with Crippen molar-refractivity contribution in [2.24, 2.45) is 0 Å². The SMILES string of the molecule is C[C@@H](Cc1ccc(F)cc1)NCCn1nc([C@@H]2CCNC2)c2nccnc21. The first kappa shape index (κ1) is 18.0. The lowest BCUT2D eigenvalue weighted by Crippen LogP contribution is -2.31. The first-order valence-corrected chi connectivity index (χ1v) is 9.56. The van der Waals surface area contributed by atoms with E-state index in [1.54, 1.807) is 12.4 Å². The van der Waals surface area contributed by atoms with Gasteiger partial charge in [0.25, 0.3) is 0 Å². The van der Waals surface area contributed by atoms with Crippen LogP contribution in [0.2, 0.25) is 0 Å². The molecule has 1 fully saturated rings. The molecule has 0 bridgehead atoms. The van der Waals surface area contributed by atoms with Gasteiger partial charge in [0.05, 0.1) is 12.2 Å². The minimum atomic E-state index is -0.195. The van der Waals surface area contributed by atoms with E-state index in [-0.39, 0.29) is 5.82 Å². The van der Waals surface area contributed by atoms with Crippen LogP contribution in [-0.4, -0.2) is 45.4 Å². The Balaban J connectivity index is 1.39. The van der Waals surface area contributed by atoms with Crippen molar-refractivity contribution in [3.63, 3.8) is 0 Å². The molecule has 2 aromatic heterocycles. The summed E-state index contributed by atoms with van der Waals surface area (Å²) in [5.74, 6) is 0.218. The van der Waals surface area contributed by atoms with Gasteiger partial charge < -0.3 is 10.6 Å². The predicted molar refractivity (Wildman–Crippen MR) is 103 cm³/mol. The highest BCUT2D eigenvalue weighted by Crippen LogP contribution is 2.26. The van der Waals surface area contributed by atoms with Crippen LogP contribution >= 0.6 is 0 Å². The molecule has 1 aliphatic heterocycles. The molecule has 2 N–H and O–H groups in total. The third-order valence-corrected chi connectivity index (χ3v) is 5.11. The Kier molecular flexibility index (Phi) is 5.40. The van der Waals surface area contributed by atoms with Crippen LogP contribution in [0.25, 0.3) is 11.2 Å². The summed E-state index contributed by atoms with van der Waals surface area (Å²) in [5.41, 5.74) is 3.96. The molecule has 2 atom stereocenters. The number of benzene rings is 1. The smallest absolute Gasteiger partial charge is 0.177 e. The molecule has 1 saturated heterocycles. The summed E-state index contributed by atoms with van der Waals surface area (Å²) in [6.45, 7) is 5.65. The molecule has 0 unspecified atom stereocenters. The molecule has 1 aromatic carbocycles. The van der Waals surface area contributed by atoms with E-state index in [2.05, 4.69) is 27.5 Å². The Morgan fingerprint density at radius 1 is 1.26 bits per heavy atom. The Morgan fingerprint density at radius 3 is 2.85 bits per heavy atom. The average molecular weight is 368 g/mol. The van der Waals surface area contributed by atoms with E-state index in [1.165, 1.54) is 12.1 Å². The van der Waals surface area contributed by atoms with E-state index in [9.17, 15) is 4.39 Å². The van der Waals surface area contributed by atoms with Crippen molar-refractivity contribution in [2.45, 2.75) is 38.3 Å². The van der Waals surface area contributed by atoms with Crippen molar-refractivity contribution in [3.05, 3.63) is 53.7 Å². The van der Waals surface area contributed by atoms with Gasteiger partial charge in [-0.2, -0.15) is 5.10 Å². The zero-order valence-corrected chi connectivity index (χ0v) is 15.5. The second kappa shape index (κ2) is 8.10. The fraction of sp³-hybridized carbons (Fsp3) is 0.450. The zero-order valence-electron chi connectivity index (χ0n) is 15.5. The largest absolute Gasteiger partial charge is 0.316 e. The van der Waals surface area contributed by atoms with Crippen molar-refractivity contribution >= 4 is 11.2 Å². The summed E-state index contributed by atoms with van der Waals surface area (Å²) >= 11 is 0. The van der Waals surface area contributed by atoms with Gasteiger partial charge in [-0.25, -0.2) is 19.0 Å². The second-order valence-corrected chi connectivity index (χ2v) is 7.21. The van der Waals surface area contributed by atoms with Crippen LogP contribution in [0.1, 0.15) is 30.5 Å². The van der Waals surface area contributed by atoms with Crippen molar-refractivity contribution in [1.29, 1.82) is 0 Å². The Morgan fingerprint density at radius 2 is 2.07 bits per heavy atom. The van der Waals surface area contributed by atoms with Gasteiger partial charge in [-0.15, -0.1) is 0 Å². The van der Waals surface area contributed by atoms with Gasteiger partial charge in [0, 0.05) is 37.4 Å². The van der Waals surface area contributed by atoms with Crippen LogP contribution in [-0.2, 0) is 13.0 Å². The summed E-state index contributed by atoms with van der Waals surface area (Å²) in [6.07, 6.45) is 5.42. The molecular weight excluding hydrogens is 343 g/mol. The van der Waals surface area contributed by atoms with E-state index in [0.29, 0.717) is 12.0 Å². The topological polar surface area (TPSA) is 67.7 Å². The van der Waals surface area contributed by atoms with Crippen LogP contribution in [0.4, 0.5) is 4.39 Å². The van der Waals surface area contributed by atoms with Crippen molar-refractivity contribution < 1.29 is 4.39 Å². The molecule has 3 aromatic rings. The minimum Gasteiger partial charge on any atom is -0.316 e. The van der Waals surface area contributed by atoms with Crippen molar-refractivity contribution in [2.75, 3.05) is 19.6 Å². The number of aromatic nitrogens is 4. The summed E-state index contributed by atoms with van der Waals surface area (Å²) in [6, 6.07) is 6.99. The minimum absolute atomic E-state index is 0.195. The molecule has 0 radical (unpaired) electrons. The fourth-order valence-electron chi connectivity index (χ4n) is 3.71. The molecule has 6 nitrogen and oxygen atoms in total. The van der Waals surface area contributed by atoms with Gasteiger partial charge in [0.2, 0.25) is 0 Å². The number of rotatable bonds is 7. The van der Waals surface area contributed by atoms with Crippen molar-refractivity contribution in [3.8, 4) is 0 Å². The fourth-order valence-corrected chi connectivity index (χ4v) is 3.71. The molecular formula is C20H25FN6. The summed E-state index contributed by atoms with van der Waals surface area (Å²) in [5, 5.41) is 11.8. The van der Waals surface area contributed by atoms with Gasteiger partial charge in [0.15, 0.2) is 5.65 Å². The molecule has 0 saturated carbocycles. The van der Waals surface area contributed by atoms with Gasteiger partial charge in [0.1, 0.15) is 11.3 Å². The van der Waals surface area contributed by atoms with Gasteiger partial charge in [-0.05, 0) is 44.0 Å². The van der Waals surface area contributed by atoms with Crippen molar-refractivity contribution in [1.82, 2.24) is 30.4 Å². The third-order valence-electron chi connectivity index (χ3n) is 5.11. The number of hydrogen-bond acceptors (Lipinski definition) is 5. The first-order valence-electron chi connectivity index (χ1n) is 9.56. The maximum absolute atomic E-state index is 13.0. The van der Waals surface area contributed by atoms with Gasteiger partial charge in [-0.1, -0.05) is 12.1 Å². The highest BCUT2D eigenvalue weighted by molar-refractivity contribution is 5.73. The summed E-state index contributed by atoms with van der Waals surface area (Å²) in [4.78, 5) is 9.03. The summed E-state index contributed by atoms with van der Waals surface area (Å²) in [7, 11) is 0. The van der Waals surface area contributed by atoms with E-state index in [1.807, 2.05) is 16.8 Å². The zero-order chi connectivity index (χ0) is 18.6. The van der Waals surface area contributed by atoms with Crippen LogP contribution in [0.15, 0.2) is 36.7 Å². The van der Waals surface area contributed by atoms with E-state index in [4.69, 9.17) is 5.10 Å². The van der Waals surface area contributed by atoms with E-state index in [0.717, 1.165) is 61.4 Å². The number of nitrogens with one attached hydrogen (secondary N) is 2. The molecule has 3 heterocycles. The van der Waals surface area contributed by atoms with Gasteiger partial charge >= 0.3 is 0 Å². The molecule has 27 heavy (non-hydrogen) atoms. The normalized spacial score (nSPS) is 18.2. The lowest BCUT2D eigenvalue weighted by Gasteiger charge is -2.14. The van der Waals surface area contributed by atoms with Crippen LogP contribution in [0.3, 0.4) is 0 Å². The second-order valence-electron chi connectivity index (χ2n) is 7.21. The number of halogens is 1. The predicted octanol–water partition coefficient (Wildman–Crippen LogP) is 2.26. The molecule has 0 aliphatic carbocycles. The van der Waals surface area contributed by atoms with Gasteiger partial charge in [-0.3, -0.25) is 0 Å². The molecule has 4 rings (SSSR count). The van der Waals surface area contributed by atoms with Crippen LogP contribution in [0, 0.1) is 5.82 Å². The molecule has 0 amide bonds. The highest BCUT2D eigenvalue weighted by atomic mass is 19.1. The van der Waals surface area contributed by atoms with Crippen LogP contribution in [0.5, 0.6) is 0 Å². The maximum atomic E-state index is 13.0. The standard InChI is InChI=1S/C20H25FN6/c1-14(12-15-2-4-17(21)5-3-15)23-10-11-27-20-19(24-8-9-25-20)18(26-27)16-6-7-22-13-16/h2-5,8-9,14,16,22-23H,6-7,10-13H2,1H3/t14-,16+/m0/s1. The number of hydrogen-bond donors (Lipinski definition) is 2. The molecule has 0 spiro atoms. The maximum Gasteiger partial charge on any atom is 0.177 e. The number of nitrogens with zero attached hydrogens (tertiary/aromatic N) is 4. The molecule has 142 valence electrons. The Bertz CT molecular complexity index is 885. The lowest BCUT2D eigenvalue weighted by atomic mass is 10.0. The Labute approximate surface area is 158 Å². The third kappa shape index (κ3) is 4.14. The quantitative estimate of drug-likeness (QED) is 0.670. The Hall–Kier alpha value is -2.38. The van der Waals surface area contributed by atoms with Crippen LogP contribution < -0.4 is 10.6 Å². The number of fused-ring (bicyclic) bond motifs is 1. The molecule has 7 heteroatoms. The lowest BCUT2D eigenvalue weighted by molar-refractivity contribution is 0.494. The highest BCUT2D eigenvalue weighted by Gasteiger charge is 2.24.